The Labute approximate surface area is 109 Å². The Balaban J connectivity index is 2.09. The van der Waals surface area contributed by atoms with Crippen molar-refractivity contribution in [2.75, 3.05) is 18.5 Å². The van der Waals surface area contributed by atoms with Gasteiger partial charge in [-0.25, -0.2) is 4.79 Å². The van der Waals surface area contributed by atoms with Gasteiger partial charge in [-0.15, -0.1) is 0 Å². The second kappa shape index (κ2) is 5.37. The van der Waals surface area contributed by atoms with E-state index < -0.39 is 5.97 Å². The van der Waals surface area contributed by atoms with Gasteiger partial charge in [-0.05, 0) is 24.6 Å². The van der Waals surface area contributed by atoms with Crippen LogP contribution >= 0.6 is 11.6 Å². The van der Waals surface area contributed by atoms with Crippen molar-refractivity contribution in [3.63, 3.8) is 0 Å². The maximum absolute atomic E-state index is 11.8. The van der Waals surface area contributed by atoms with Crippen LogP contribution in [0.1, 0.15) is 16.8 Å². The van der Waals surface area contributed by atoms with Crippen LogP contribution in [0.15, 0.2) is 18.2 Å². The molecule has 96 valence electrons. The topological polar surface area (TPSA) is 75.6 Å². The van der Waals surface area contributed by atoms with Gasteiger partial charge in [0.1, 0.15) is 0 Å². The number of nitrogens with one attached hydrogen (secondary N) is 1. The average Bonchev–Trinajstić information content (AvgIpc) is 2.85. The van der Waals surface area contributed by atoms with E-state index >= 15 is 0 Å². The van der Waals surface area contributed by atoms with E-state index in [4.69, 9.17) is 21.4 Å². The van der Waals surface area contributed by atoms with Crippen molar-refractivity contribution >= 4 is 29.2 Å². The standard InChI is InChI=1S/C12H12ClNO4/c13-9-5-7(12(16)17)1-2-10(9)14-11(15)8-3-4-18-6-8/h1-2,5,8H,3-4,6H2,(H,14,15)(H,16,17). The van der Waals surface area contributed by atoms with Gasteiger partial charge in [-0.2, -0.15) is 0 Å². The van der Waals surface area contributed by atoms with Crippen molar-refractivity contribution < 1.29 is 19.4 Å². The number of carbonyl (C=O) groups excluding carboxylic acids is 1. The second-order valence-electron chi connectivity index (χ2n) is 4.05. The highest BCUT2D eigenvalue weighted by Crippen LogP contribution is 2.24. The molecule has 1 unspecified atom stereocenters. The van der Waals surface area contributed by atoms with Gasteiger partial charge in [-0.1, -0.05) is 11.6 Å². The van der Waals surface area contributed by atoms with Crippen molar-refractivity contribution in [1.82, 2.24) is 0 Å². The lowest BCUT2D eigenvalue weighted by molar-refractivity contribution is -0.119. The van der Waals surface area contributed by atoms with Crippen LogP contribution in [0, 0.1) is 5.92 Å². The van der Waals surface area contributed by atoms with Crippen LogP contribution in [0.25, 0.3) is 0 Å². The van der Waals surface area contributed by atoms with Crippen LogP contribution in [0.2, 0.25) is 5.02 Å². The Hall–Kier alpha value is -1.59. The van der Waals surface area contributed by atoms with Gasteiger partial charge in [0.05, 0.1) is 28.8 Å². The Morgan fingerprint density at radius 2 is 2.22 bits per heavy atom. The molecule has 2 rings (SSSR count). The third-order valence-electron chi connectivity index (χ3n) is 2.77. The molecule has 1 saturated heterocycles. The molecular weight excluding hydrogens is 258 g/mol. The molecule has 1 aromatic rings. The Morgan fingerprint density at radius 1 is 1.44 bits per heavy atom. The van der Waals surface area contributed by atoms with Crippen LogP contribution in [-0.2, 0) is 9.53 Å². The van der Waals surface area contributed by atoms with Gasteiger partial charge in [0.25, 0.3) is 0 Å². The molecule has 1 aromatic carbocycles. The number of carboxylic acids is 1. The monoisotopic (exact) mass is 269 g/mol. The number of hydrogen-bond donors (Lipinski definition) is 2. The predicted octanol–water partition coefficient (Wildman–Crippen LogP) is 2.01. The summed E-state index contributed by atoms with van der Waals surface area (Å²) in [6.07, 6.45) is 0.691. The zero-order valence-electron chi connectivity index (χ0n) is 9.48. The van der Waals surface area contributed by atoms with Crippen molar-refractivity contribution in [3.8, 4) is 0 Å². The fourth-order valence-corrected chi connectivity index (χ4v) is 1.95. The van der Waals surface area contributed by atoms with Crippen molar-refractivity contribution in [3.05, 3.63) is 28.8 Å². The first kappa shape index (κ1) is 12.9. The van der Waals surface area contributed by atoms with E-state index in [1.165, 1.54) is 18.2 Å². The van der Waals surface area contributed by atoms with Crippen LogP contribution in [0.3, 0.4) is 0 Å². The van der Waals surface area contributed by atoms with Crippen molar-refractivity contribution in [2.45, 2.75) is 6.42 Å². The molecule has 0 aliphatic carbocycles. The van der Waals surface area contributed by atoms with E-state index in [0.717, 1.165) is 0 Å². The highest BCUT2D eigenvalue weighted by molar-refractivity contribution is 6.34. The highest BCUT2D eigenvalue weighted by atomic mass is 35.5. The normalized spacial score (nSPS) is 18.6. The first-order chi connectivity index (χ1) is 8.58. The molecular formula is C12H12ClNO4. The Kier molecular flexibility index (Phi) is 3.84. The second-order valence-corrected chi connectivity index (χ2v) is 4.46. The maximum atomic E-state index is 11.8. The Bertz CT molecular complexity index is 483. The lowest BCUT2D eigenvalue weighted by atomic mass is 10.1. The first-order valence-corrected chi connectivity index (χ1v) is 5.87. The van der Waals surface area contributed by atoms with Gasteiger partial charge in [-0.3, -0.25) is 4.79 Å². The third kappa shape index (κ3) is 2.80. The molecule has 0 saturated carbocycles. The fraction of sp³-hybridized carbons (Fsp3) is 0.333. The smallest absolute Gasteiger partial charge is 0.335 e. The molecule has 1 atom stereocenters. The summed E-state index contributed by atoms with van der Waals surface area (Å²) in [7, 11) is 0. The summed E-state index contributed by atoms with van der Waals surface area (Å²) in [6.45, 7) is 1.00. The highest BCUT2D eigenvalue weighted by Gasteiger charge is 2.24. The van der Waals surface area contributed by atoms with Crippen molar-refractivity contribution in [1.29, 1.82) is 0 Å². The molecule has 1 aliphatic heterocycles. The summed E-state index contributed by atoms with van der Waals surface area (Å²) < 4.78 is 5.13. The molecule has 0 aromatic heterocycles. The van der Waals surface area contributed by atoms with Gasteiger partial charge in [0.2, 0.25) is 5.91 Å². The number of aromatic carboxylic acids is 1. The summed E-state index contributed by atoms with van der Waals surface area (Å²) in [6, 6.07) is 4.19. The predicted molar refractivity (Wildman–Crippen MR) is 66.0 cm³/mol. The lowest BCUT2D eigenvalue weighted by Gasteiger charge is -2.11. The lowest BCUT2D eigenvalue weighted by Crippen LogP contribution is -2.23. The molecule has 1 amide bonds. The third-order valence-corrected chi connectivity index (χ3v) is 3.09. The van der Waals surface area contributed by atoms with Gasteiger partial charge >= 0.3 is 5.97 Å². The maximum Gasteiger partial charge on any atom is 0.335 e. The summed E-state index contributed by atoms with van der Waals surface area (Å²) in [5.74, 6) is -1.38. The van der Waals surface area contributed by atoms with Crippen molar-refractivity contribution in [2.24, 2.45) is 5.92 Å². The number of amides is 1. The molecule has 5 nitrogen and oxygen atoms in total. The summed E-state index contributed by atoms with van der Waals surface area (Å²) in [5.41, 5.74) is 0.501. The number of anilines is 1. The van der Waals surface area contributed by atoms with Crippen LogP contribution in [-0.4, -0.2) is 30.2 Å². The number of carbonyl (C=O) groups is 2. The Morgan fingerprint density at radius 3 is 2.78 bits per heavy atom. The molecule has 6 heteroatoms. The summed E-state index contributed by atoms with van der Waals surface area (Å²) in [5, 5.41) is 11.7. The van der Waals surface area contributed by atoms with E-state index in [9.17, 15) is 9.59 Å². The van der Waals surface area contributed by atoms with E-state index in [0.29, 0.717) is 25.3 Å². The first-order valence-electron chi connectivity index (χ1n) is 5.49. The van der Waals surface area contributed by atoms with E-state index in [2.05, 4.69) is 5.32 Å². The number of rotatable bonds is 3. The quantitative estimate of drug-likeness (QED) is 0.880. The minimum Gasteiger partial charge on any atom is -0.478 e. The van der Waals surface area contributed by atoms with E-state index in [1.807, 2.05) is 0 Å². The molecule has 0 spiro atoms. The SMILES string of the molecule is O=C(O)c1ccc(NC(=O)C2CCOC2)c(Cl)c1. The zero-order chi connectivity index (χ0) is 13.1. The summed E-state index contributed by atoms with van der Waals surface area (Å²) >= 11 is 5.91. The molecule has 1 fully saturated rings. The zero-order valence-corrected chi connectivity index (χ0v) is 10.2. The fourth-order valence-electron chi connectivity index (χ4n) is 1.73. The number of hydrogen-bond acceptors (Lipinski definition) is 3. The molecule has 18 heavy (non-hydrogen) atoms. The van der Waals surface area contributed by atoms with Crippen LogP contribution < -0.4 is 5.32 Å². The minimum absolute atomic E-state index is 0.0854. The van der Waals surface area contributed by atoms with E-state index in [1.54, 1.807) is 0 Å². The largest absolute Gasteiger partial charge is 0.478 e. The molecule has 2 N–H and O–H groups in total. The molecule has 1 heterocycles. The van der Waals surface area contributed by atoms with Crippen LogP contribution in [0.5, 0.6) is 0 Å². The molecule has 0 bridgehead atoms. The van der Waals surface area contributed by atoms with Crippen LogP contribution in [0.4, 0.5) is 5.69 Å². The van der Waals surface area contributed by atoms with Gasteiger partial charge in [0, 0.05) is 6.61 Å². The average molecular weight is 270 g/mol. The molecule has 0 radical (unpaired) electrons. The van der Waals surface area contributed by atoms with E-state index in [-0.39, 0.29) is 22.4 Å². The van der Waals surface area contributed by atoms with Gasteiger partial charge in [0.15, 0.2) is 0 Å². The number of halogens is 1. The number of benzene rings is 1. The van der Waals surface area contributed by atoms with Gasteiger partial charge < -0.3 is 15.2 Å². The number of carboxylic acid groups (broad SMARTS) is 1. The minimum atomic E-state index is -1.06. The number of ether oxygens (including phenoxy) is 1. The summed E-state index contributed by atoms with van der Waals surface area (Å²) in [4.78, 5) is 22.6. The molecule has 1 aliphatic rings.